The molecular weight excluding hydrogens is 482 g/mol. The van der Waals surface area contributed by atoms with Crippen molar-refractivity contribution in [3.8, 4) is 0 Å². The summed E-state index contributed by atoms with van der Waals surface area (Å²) in [6.07, 6.45) is 4.69. The second-order valence-corrected chi connectivity index (χ2v) is 10.1. The number of carbonyl (C=O) groups is 2. The summed E-state index contributed by atoms with van der Waals surface area (Å²) in [6, 6.07) is 11.4. The lowest BCUT2D eigenvalue weighted by Crippen LogP contribution is -2.51. The standard InChI is InChI=1S/C25H29Cl2FN2O2S/c1-2-23(25(32)29-19-6-3-4-7-19)30(14-17-10-12-18(26)13-11-17)24(31)16-33-15-20-21(27)8-5-9-22(20)28/h5,8-13,19,23H,2-4,6-7,14-16H2,1H3,(H,29,32)/t23-/m1/s1. The Labute approximate surface area is 209 Å². The van der Waals surface area contributed by atoms with Gasteiger partial charge in [0.05, 0.1) is 5.75 Å². The minimum atomic E-state index is -0.577. The van der Waals surface area contributed by atoms with E-state index in [1.807, 2.05) is 19.1 Å². The Kier molecular flexibility index (Phi) is 9.90. The van der Waals surface area contributed by atoms with Gasteiger partial charge in [-0.15, -0.1) is 11.8 Å². The zero-order valence-electron chi connectivity index (χ0n) is 18.7. The van der Waals surface area contributed by atoms with E-state index in [0.717, 1.165) is 31.2 Å². The van der Waals surface area contributed by atoms with Gasteiger partial charge in [-0.3, -0.25) is 9.59 Å². The Bertz CT molecular complexity index is 932. The topological polar surface area (TPSA) is 49.4 Å². The Morgan fingerprint density at radius 1 is 1.15 bits per heavy atom. The molecule has 0 bridgehead atoms. The predicted molar refractivity (Wildman–Crippen MR) is 134 cm³/mol. The highest BCUT2D eigenvalue weighted by Crippen LogP contribution is 2.25. The van der Waals surface area contributed by atoms with Crippen LogP contribution < -0.4 is 5.32 Å². The van der Waals surface area contributed by atoms with Gasteiger partial charge in [-0.1, -0.05) is 61.2 Å². The molecule has 0 heterocycles. The van der Waals surface area contributed by atoms with E-state index in [-0.39, 0.29) is 35.2 Å². The van der Waals surface area contributed by atoms with Gasteiger partial charge in [-0.25, -0.2) is 4.39 Å². The van der Waals surface area contributed by atoms with Crippen molar-refractivity contribution in [3.63, 3.8) is 0 Å². The summed E-state index contributed by atoms with van der Waals surface area (Å²) in [6.45, 7) is 2.21. The lowest BCUT2D eigenvalue weighted by atomic mass is 10.1. The number of rotatable bonds is 10. The third kappa shape index (κ3) is 7.36. The van der Waals surface area contributed by atoms with Crippen LogP contribution in [0.1, 0.15) is 50.2 Å². The summed E-state index contributed by atoms with van der Waals surface area (Å²) in [7, 11) is 0. The lowest BCUT2D eigenvalue weighted by molar-refractivity contribution is -0.139. The van der Waals surface area contributed by atoms with Crippen LogP contribution in [0.5, 0.6) is 0 Å². The van der Waals surface area contributed by atoms with Crippen molar-refractivity contribution in [1.29, 1.82) is 0 Å². The Balaban J connectivity index is 1.72. The van der Waals surface area contributed by atoms with Crippen LogP contribution >= 0.6 is 35.0 Å². The average Bonchev–Trinajstić information content (AvgIpc) is 3.30. The molecule has 4 nitrogen and oxygen atoms in total. The maximum Gasteiger partial charge on any atom is 0.243 e. The molecule has 0 aromatic heterocycles. The summed E-state index contributed by atoms with van der Waals surface area (Å²) >= 11 is 13.4. The number of nitrogens with one attached hydrogen (secondary N) is 1. The molecule has 1 saturated carbocycles. The zero-order valence-corrected chi connectivity index (χ0v) is 21.0. The highest BCUT2D eigenvalue weighted by atomic mass is 35.5. The van der Waals surface area contributed by atoms with E-state index in [4.69, 9.17) is 23.2 Å². The van der Waals surface area contributed by atoms with Gasteiger partial charge in [0.1, 0.15) is 11.9 Å². The van der Waals surface area contributed by atoms with Crippen LogP contribution in [0.2, 0.25) is 10.0 Å². The van der Waals surface area contributed by atoms with Gasteiger partial charge < -0.3 is 10.2 Å². The molecule has 0 saturated heterocycles. The SMILES string of the molecule is CC[C@H](C(=O)NC1CCCC1)N(Cc1ccc(Cl)cc1)C(=O)CSCc1c(F)cccc1Cl. The molecule has 0 radical (unpaired) electrons. The second kappa shape index (κ2) is 12.6. The van der Waals surface area contributed by atoms with Gasteiger partial charge in [-0.05, 0) is 49.1 Å². The molecule has 0 aliphatic heterocycles. The first kappa shape index (κ1) is 25.9. The molecule has 33 heavy (non-hydrogen) atoms. The molecule has 0 unspecified atom stereocenters. The fourth-order valence-corrected chi connectivity index (χ4v) is 5.44. The molecule has 0 spiro atoms. The van der Waals surface area contributed by atoms with Crippen molar-refractivity contribution in [3.05, 3.63) is 69.5 Å². The van der Waals surface area contributed by atoms with Crippen molar-refractivity contribution in [2.24, 2.45) is 0 Å². The minimum Gasteiger partial charge on any atom is -0.352 e. The first-order valence-electron chi connectivity index (χ1n) is 11.2. The van der Waals surface area contributed by atoms with Crippen LogP contribution in [0.15, 0.2) is 42.5 Å². The largest absolute Gasteiger partial charge is 0.352 e. The summed E-state index contributed by atoms with van der Waals surface area (Å²) in [5.41, 5.74) is 1.27. The van der Waals surface area contributed by atoms with E-state index in [1.54, 1.807) is 29.2 Å². The molecule has 2 amide bonds. The Hall–Kier alpha value is -1.76. The van der Waals surface area contributed by atoms with E-state index < -0.39 is 6.04 Å². The van der Waals surface area contributed by atoms with Crippen LogP contribution in [0.4, 0.5) is 4.39 Å². The Morgan fingerprint density at radius 3 is 2.48 bits per heavy atom. The van der Waals surface area contributed by atoms with E-state index in [1.165, 1.54) is 17.8 Å². The van der Waals surface area contributed by atoms with Gasteiger partial charge in [0.15, 0.2) is 0 Å². The minimum absolute atomic E-state index is 0.117. The van der Waals surface area contributed by atoms with E-state index in [0.29, 0.717) is 28.6 Å². The van der Waals surface area contributed by atoms with Crippen molar-refractivity contribution in [2.75, 3.05) is 5.75 Å². The Morgan fingerprint density at radius 2 is 1.85 bits per heavy atom. The molecule has 2 aromatic carbocycles. The number of carbonyl (C=O) groups excluding carboxylic acids is 2. The molecular formula is C25H29Cl2FN2O2S. The van der Waals surface area contributed by atoms with Crippen LogP contribution in [-0.2, 0) is 21.9 Å². The number of hydrogen-bond donors (Lipinski definition) is 1. The van der Waals surface area contributed by atoms with E-state index >= 15 is 0 Å². The quantitative estimate of drug-likeness (QED) is 0.411. The van der Waals surface area contributed by atoms with E-state index in [9.17, 15) is 14.0 Å². The fraction of sp³-hybridized carbons (Fsp3) is 0.440. The van der Waals surface area contributed by atoms with Crippen molar-refractivity contribution >= 4 is 46.8 Å². The molecule has 1 fully saturated rings. The predicted octanol–water partition coefficient (Wildman–Crippen LogP) is 6.23. The van der Waals surface area contributed by atoms with Gasteiger partial charge in [0, 0.05) is 33.9 Å². The van der Waals surface area contributed by atoms with Gasteiger partial charge in [0.2, 0.25) is 11.8 Å². The van der Waals surface area contributed by atoms with Crippen molar-refractivity contribution in [1.82, 2.24) is 10.2 Å². The molecule has 8 heteroatoms. The maximum absolute atomic E-state index is 14.1. The maximum atomic E-state index is 14.1. The molecule has 1 atom stereocenters. The van der Waals surface area contributed by atoms with Crippen LogP contribution in [-0.4, -0.2) is 34.6 Å². The summed E-state index contributed by atoms with van der Waals surface area (Å²) < 4.78 is 14.1. The molecule has 1 aliphatic carbocycles. The third-order valence-electron chi connectivity index (χ3n) is 5.89. The highest BCUT2D eigenvalue weighted by Gasteiger charge is 2.30. The number of nitrogens with zero attached hydrogens (tertiary/aromatic N) is 1. The second-order valence-electron chi connectivity index (χ2n) is 8.26. The normalized spacial score (nSPS) is 14.8. The number of thioether (sulfide) groups is 1. The van der Waals surface area contributed by atoms with Crippen LogP contribution in [0.3, 0.4) is 0 Å². The summed E-state index contributed by atoms with van der Waals surface area (Å²) in [4.78, 5) is 28.0. The number of halogens is 3. The van der Waals surface area contributed by atoms with Crippen molar-refractivity contribution < 1.29 is 14.0 Å². The molecule has 3 rings (SSSR count). The monoisotopic (exact) mass is 510 g/mol. The summed E-state index contributed by atoms with van der Waals surface area (Å²) in [5.74, 6) is -0.282. The van der Waals surface area contributed by atoms with Gasteiger partial charge in [-0.2, -0.15) is 0 Å². The van der Waals surface area contributed by atoms with Crippen molar-refractivity contribution in [2.45, 2.75) is 63.4 Å². The number of benzene rings is 2. The van der Waals surface area contributed by atoms with Gasteiger partial charge in [0.25, 0.3) is 0 Å². The first-order valence-corrected chi connectivity index (χ1v) is 13.1. The smallest absolute Gasteiger partial charge is 0.243 e. The third-order valence-corrected chi connectivity index (χ3v) is 7.44. The number of amides is 2. The zero-order chi connectivity index (χ0) is 23.8. The molecule has 178 valence electrons. The first-order chi connectivity index (χ1) is 15.9. The molecule has 2 aromatic rings. The fourth-order valence-electron chi connectivity index (χ4n) is 4.07. The molecule has 1 N–H and O–H groups in total. The van der Waals surface area contributed by atoms with Crippen LogP contribution in [0.25, 0.3) is 0 Å². The number of hydrogen-bond acceptors (Lipinski definition) is 3. The average molecular weight is 511 g/mol. The molecule has 1 aliphatic rings. The van der Waals surface area contributed by atoms with Crippen LogP contribution in [0, 0.1) is 5.82 Å². The van der Waals surface area contributed by atoms with Gasteiger partial charge >= 0.3 is 0 Å². The van der Waals surface area contributed by atoms with E-state index in [2.05, 4.69) is 5.32 Å². The highest BCUT2D eigenvalue weighted by molar-refractivity contribution is 7.99. The lowest BCUT2D eigenvalue weighted by Gasteiger charge is -2.31. The summed E-state index contributed by atoms with van der Waals surface area (Å²) in [5, 5.41) is 4.08.